The Morgan fingerprint density at radius 1 is 0.963 bits per heavy atom. The van der Waals surface area contributed by atoms with Crippen molar-refractivity contribution in [3.63, 3.8) is 0 Å². The van der Waals surface area contributed by atoms with Crippen LogP contribution in [0, 0.1) is 5.92 Å². The Bertz CT molecular complexity index is 989. The van der Waals surface area contributed by atoms with E-state index in [9.17, 15) is 4.79 Å². The predicted octanol–water partition coefficient (Wildman–Crippen LogP) is 3.42. The number of pyridine rings is 1. The molecule has 3 heterocycles. The smallest absolute Gasteiger partial charge is 0.226 e. The molecule has 1 amide bonds. The molecule has 0 saturated heterocycles. The van der Waals surface area contributed by atoms with Crippen molar-refractivity contribution >= 4 is 16.8 Å². The van der Waals surface area contributed by atoms with E-state index in [1.807, 2.05) is 29.2 Å². The van der Waals surface area contributed by atoms with Crippen LogP contribution in [0.1, 0.15) is 37.9 Å². The highest BCUT2D eigenvalue weighted by Crippen LogP contribution is 2.28. The zero-order valence-corrected chi connectivity index (χ0v) is 15.3. The van der Waals surface area contributed by atoms with Crippen LogP contribution in [0.25, 0.3) is 22.4 Å². The number of hydrogen-bond donors (Lipinski definition) is 0. The zero-order chi connectivity index (χ0) is 18.2. The Morgan fingerprint density at radius 2 is 1.81 bits per heavy atom. The largest absolute Gasteiger partial charge is 0.333 e. The summed E-state index contributed by atoms with van der Waals surface area (Å²) in [6.07, 6.45) is 5.69. The third kappa shape index (κ3) is 2.99. The van der Waals surface area contributed by atoms with Crippen molar-refractivity contribution in [2.45, 2.75) is 45.2 Å². The van der Waals surface area contributed by atoms with Gasteiger partial charge in [0.05, 0.1) is 12.1 Å². The van der Waals surface area contributed by atoms with Gasteiger partial charge in [-0.1, -0.05) is 43.5 Å². The molecule has 1 aliphatic carbocycles. The van der Waals surface area contributed by atoms with E-state index in [-0.39, 0.29) is 5.92 Å². The molecule has 0 N–H and O–H groups in total. The Balaban J connectivity index is 1.40. The van der Waals surface area contributed by atoms with Gasteiger partial charge in [-0.3, -0.25) is 4.79 Å². The molecule has 0 unspecified atom stereocenters. The van der Waals surface area contributed by atoms with Gasteiger partial charge in [-0.15, -0.1) is 10.2 Å². The molecule has 1 aliphatic heterocycles. The molecule has 0 radical (unpaired) electrons. The SMILES string of the molecule is O=C(C1CCCCC1)N1CCn2c(nnc2-c2ccc3ccccc3n2)C1. The molecule has 27 heavy (non-hydrogen) atoms. The highest BCUT2D eigenvalue weighted by atomic mass is 16.2. The second-order valence-electron chi connectivity index (χ2n) is 7.58. The van der Waals surface area contributed by atoms with Crippen LogP contribution in [-0.2, 0) is 17.9 Å². The van der Waals surface area contributed by atoms with Crippen molar-refractivity contribution in [2.75, 3.05) is 6.54 Å². The van der Waals surface area contributed by atoms with Gasteiger partial charge in [0.15, 0.2) is 11.6 Å². The van der Waals surface area contributed by atoms with Gasteiger partial charge in [0.2, 0.25) is 5.91 Å². The molecule has 0 bridgehead atoms. The summed E-state index contributed by atoms with van der Waals surface area (Å²) >= 11 is 0. The first-order valence-electron chi connectivity index (χ1n) is 9.86. The normalized spacial score (nSPS) is 17.9. The number of fused-ring (bicyclic) bond motifs is 2. The molecule has 3 aromatic rings. The number of para-hydroxylation sites is 1. The fraction of sp³-hybridized carbons (Fsp3) is 0.429. The Hall–Kier alpha value is -2.76. The summed E-state index contributed by atoms with van der Waals surface area (Å²) in [5.41, 5.74) is 1.79. The monoisotopic (exact) mass is 361 g/mol. The molecule has 2 aliphatic rings. The average Bonchev–Trinajstić information content (AvgIpc) is 3.17. The van der Waals surface area contributed by atoms with Crippen molar-refractivity contribution in [3.05, 3.63) is 42.2 Å². The molecule has 1 fully saturated rings. The van der Waals surface area contributed by atoms with Gasteiger partial charge in [0.1, 0.15) is 5.69 Å². The lowest BCUT2D eigenvalue weighted by Gasteiger charge is -2.32. The van der Waals surface area contributed by atoms with Crippen LogP contribution in [0.15, 0.2) is 36.4 Å². The summed E-state index contributed by atoms with van der Waals surface area (Å²) < 4.78 is 2.11. The number of benzene rings is 1. The molecule has 1 aromatic carbocycles. The zero-order valence-electron chi connectivity index (χ0n) is 15.3. The van der Waals surface area contributed by atoms with E-state index in [1.54, 1.807) is 0 Å². The number of aromatic nitrogens is 4. The predicted molar refractivity (Wildman–Crippen MR) is 103 cm³/mol. The first-order valence-corrected chi connectivity index (χ1v) is 9.86. The molecule has 2 aromatic heterocycles. The van der Waals surface area contributed by atoms with Gasteiger partial charge in [-0.25, -0.2) is 4.98 Å². The van der Waals surface area contributed by atoms with Crippen LogP contribution in [0.3, 0.4) is 0 Å². The molecule has 0 atom stereocenters. The van der Waals surface area contributed by atoms with E-state index in [1.165, 1.54) is 19.3 Å². The maximum absolute atomic E-state index is 12.8. The Labute approximate surface area is 158 Å². The van der Waals surface area contributed by atoms with Crippen LogP contribution < -0.4 is 0 Å². The van der Waals surface area contributed by atoms with Crippen molar-refractivity contribution < 1.29 is 4.79 Å². The van der Waals surface area contributed by atoms with Gasteiger partial charge in [-0.05, 0) is 25.0 Å². The highest BCUT2D eigenvalue weighted by Gasteiger charge is 2.30. The number of carbonyl (C=O) groups is 1. The minimum Gasteiger partial charge on any atom is -0.333 e. The van der Waals surface area contributed by atoms with Gasteiger partial charge in [0, 0.05) is 24.4 Å². The number of nitrogens with zero attached hydrogens (tertiary/aromatic N) is 5. The standard InChI is InChI=1S/C21H23N5O/c27-21(16-7-2-1-3-8-16)25-12-13-26-19(14-25)23-24-20(26)18-11-10-15-6-4-5-9-17(15)22-18/h4-6,9-11,16H,1-3,7-8,12-14H2. The molecule has 138 valence electrons. The Morgan fingerprint density at radius 3 is 2.70 bits per heavy atom. The number of rotatable bonds is 2. The second kappa shape index (κ2) is 6.76. The summed E-state index contributed by atoms with van der Waals surface area (Å²) in [5.74, 6) is 2.15. The third-order valence-electron chi connectivity index (χ3n) is 5.85. The van der Waals surface area contributed by atoms with Crippen molar-refractivity contribution in [1.82, 2.24) is 24.6 Å². The van der Waals surface area contributed by atoms with E-state index in [0.29, 0.717) is 12.5 Å². The Kier molecular flexibility index (Phi) is 4.11. The first-order chi connectivity index (χ1) is 13.3. The minimum atomic E-state index is 0.204. The maximum atomic E-state index is 12.8. The fourth-order valence-electron chi connectivity index (χ4n) is 4.33. The van der Waals surface area contributed by atoms with Crippen LogP contribution in [0.4, 0.5) is 0 Å². The second-order valence-corrected chi connectivity index (χ2v) is 7.58. The summed E-state index contributed by atoms with van der Waals surface area (Å²) in [6.45, 7) is 2.00. The van der Waals surface area contributed by atoms with Crippen molar-refractivity contribution in [1.29, 1.82) is 0 Å². The molecule has 6 heteroatoms. The van der Waals surface area contributed by atoms with Crippen LogP contribution in [0.5, 0.6) is 0 Å². The molecular formula is C21H23N5O. The van der Waals surface area contributed by atoms with E-state index >= 15 is 0 Å². The van der Waals surface area contributed by atoms with Crippen LogP contribution >= 0.6 is 0 Å². The summed E-state index contributed by atoms with van der Waals surface area (Å²) in [6, 6.07) is 12.1. The molecule has 0 spiro atoms. The summed E-state index contributed by atoms with van der Waals surface area (Å²) in [4.78, 5) is 19.6. The maximum Gasteiger partial charge on any atom is 0.226 e. The fourth-order valence-corrected chi connectivity index (χ4v) is 4.33. The minimum absolute atomic E-state index is 0.204. The van der Waals surface area contributed by atoms with Crippen molar-refractivity contribution in [3.8, 4) is 11.5 Å². The molecule has 5 rings (SSSR count). The van der Waals surface area contributed by atoms with Gasteiger partial charge in [-0.2, -0.15) is 0 Å². The quantitative estimate of drug-likeness (QED) is 0.702. The topological polar surface area (TPSA) is 63.9 Å². The van der Waals surface area contributed by atoms with E-state index in [0.717, 1.165) is 54.2 Å². The van der Waals surface area contributed by atoms with Crippen LogP contribution in [-0.4, -0.2) is 37.1 Å². The third-order valence-corrected chi connectivity index (χ3v) is 5.85. The molecule has 1 saturated carbocycles. The number of carbonyl (C=O) groups excluding carboxylic acids is 1. The van der Waals surface area contributed by atoms with Crippen molar-refractivity contribution in [2.24, 2.45) is 5.92 Å². The lowest BCUT2D eigenvalue weighted by atomic mass is 9.88. The van der Waals surface area contributed by atoms with Crippen LogP contribution in [0.2, 0.25) is 0 Å². The van der Waals surface area contributed by atoms with Gasteiger partial charge < -0.3 is 9.47 Å². The molecular weight excluding hydrogens is 338 g/mol. The highest BCUT2D eigenvalue weighted by molar-refractivity contribution is 5.81. The summed E-state index contributed by atoms with van der Waals surface area (Å²) in [7, 11) is 0. The van der Waals surface area contributed by atoms with E-state index in [2.05, 4.69) is 26.9 Å². The summed E-state index contributed by atoms with van der Waals surface area (Å²) in [5, 5.41) is 9.88. The van der Waals surface area contributed by atoms with Gasteiger partial charge >= 0.3 is 0 Å². The average molecular weight is 361 g/mol. The lowest BCUT2D eigenvalue weighted by Crippen LogP contribution is -2.42. The number of hydrogen-bond acceptors (Lipinski definition) is 4. The van der Waals surface area contributed by atoms with E-state index < -0.39 is 0 Å². The lowest BCUT2D eigenvalue weighted by molar-refractivity contribution is -0.138. The first kappa shape index (κ1) is 16.4. The molecule has 6 nitrogen and oxygen atoms in total. The number of amides is 1. The van der Waals surface area contributed by atoms with E-state index in [4.69, 9.17) is 4.98 Å². The van der Waals surface area contributed by atoms with Gasteiger partial charge in [0.25, 0.3) is 0 Å².